The molecule has 4 heteroatoms. The molecule has 14 heavy (non-hydrogen) atoms. The minimum absolute atomic E-state index is 0.107. The minimum atomic E-state index is -0.107. The summed E-state index contributed by atoms with van der Waals surface area (Å²) in [5, 5.41) is 12.2. The number of aliphatic hydroxyl groups excluding tert-OH is 1. The molecule has 0 aromatic heterocycles. The Kier molecular flexibility index (Phi) is 3.03. The van der Waals surface area contributed by atoms with Crippen molar-refractivity contribution in [2.45, 2.75) is 37.8 Å². The van der Waals surface area contributed by atoms with E-state index in [4.69, 9.17) is 0 Å². The lowest BCUT2D eigenvalue weighted by Crippen LogP contribution is -2.52. The summed E-state index contributed by atoms with van der Waals surface area (Å²) in [6, 6.07) is 0.518. The predicted molar refractivity (Wildman–Crippen MR) is 52.8 cm³/mol. The Morgan fingerprint density at radius 1 is 1.29 bits per heavy atom. The van der Waals surface area contributed by atoms with Gasteiger partial charge in [0.05, 0.1) is 12.6 Å². The lowest BCUT2D eigenvalue weighted by Gasteiger charge is -2.37. The van der Waals surface area contributed by atoms with Crippen LogP contribution in [-0.2, 0) is 4.79 Å². The molecule has 1 saturated heterocycles. The van der Waals surface area contributed by atoms with Crippen LogP contribution in [0.15, 0.2) is 0 Å². The largest absolute Gasteiger partial charge is 0.393 e. The van der Waals surface area contributed by atoms with Crippen LogP contribution in [0.4, 0.5) is 0 Å². The van der Waals surface area contributed by atoms with E-state index in [-0.39, 0.29) is 12.0 Å². The Morgan fingerprint density at radius 2 is 2.00 bits per heavy atom. The van der Waals surface area contributed by atoms with Crippen molar-refractivity contribution < 1.29 is 9.90 Å². The molecule has 80 valence electrons. The number of amides is 1. The molecule has 2 rings (SSSR count). The lowest BCUT2D eigenvalue weighted by atomic mass is 9.91. The maximum atomic E-state index is 11.2. The van der Waals surface area contributed by atoms with E-state index in [9.17, 15) is 9.90 Å². The van der Waals surface area contributed by atoms with E-state index < -0.39 is 0 Å². The number of nitrogens with zero attached hydrogens (tertiary/aromatic N) is 1. The molecular formula is C10H18N2O2. The first kappa shape index (κ1) is 9.93. The Labute approximate surface area is 84.3 Å². The quantitative estimate of drug-likeness (QED) is 0.609. The van der Waals surface area contributed by atoms with E-state index in [0.29, 0.717) is 12.6 Å². The summed E-state index contributed by atoms with van der Waals surface area (Å²) in [6.45, 7) is 2.28. The summed E-state index contributed by atoms with van der Waals surface area (Å²) in [6.07, 6.45) is 3.75. The molecule has 4 nitrogen and oxygen atoms in total. The SMILES string of the molecule is O=C1CN(C2CCC(O)CC2)CCN1. The van der Waals surface area contributed by atoms with Gasteiger partial charge in [-0.25, -0.2) is 0 Å². The molecule has 0 radical (unpaired) electrons. The van der Waals surface area contributed by atoms with Gasteiger partial charge < -0.3 is 10.4 Å². The standard InChI is InChI=1S/C10H18N2O2/c13-9-3-1-8(2-4-9)12-6-5-11-10(14)7-12/h8-9,13H,1-7H2,(H,11,14). The summed E-state index contributed by atoms with van der Waals surface area (Å²) >= 11 is 0. The number of nitrogens with one attached hydrogen (secondary N) is 1. The third-order valence-corrected chi connectivity index (χ3v) is 3.25. The maximum Gasteiger partial charge on any atom is 0.234 e. The van der Waals surface area contributed by atoms with Gasteiger partial charge in [0.15, 0.2) is 0 Å². The molecule has 1 aliphatic carbocycles. The lowest BCUT2D eigenvalue weighted by molar-refractivity contribution is -0.125. The van der Waals surface area contributed by atoms with Gasteiger partial charge in [-0.1, -0.05) is 0 Å². The summed E-state index contributed by atoms with van der Waals surface area (Å²) < 4.78 is 0. The van der Waals surface area contributed by atoms with Gasteiger partial charge in [-0.15, -0.1) is 0 Å². The molecule has 0 bridgehead atoms. The van der Waals surface area contributed by atoms with Gasteiger partial charge in [0.25, 0.3) is 0 Å². The highest BCUT2D eigenvalue weighted by molar-refractivity contribution is 5.78. The molecule has 1 amide bonds. The topological polar surface area (TPSA) is 52.6 Å². The van der Waals surface area contributed by atoms with Crippen LogP contribution in [0.5, 0.6) is 0 Å². The number of aliphatic hydroxyl groups is 1. The maximum absolute atomic E-state index is 11.2. The van der Waals surface area contributed by atoms with Gasteiger partial charge in [-0.2, -0.15) is 0 Å². The van der Waals surface area contributed by atoms with Gasteiger partial charge >= 0.3 is 0 Å². The molecule has 2 N–H and O–H groups in total. The second-order valence-corrected chi connectivity index (χ2v) is 4.28. The molecule has 2 aliphatic rings. The molecule has 1 heterocycles. The first-order chi connectivity index (χ1) is 6.75. The number of piperazine rings is 1. The van der Waals surface area contributed by atoms with Crippen molar-refractivity contribution >= 4 is 5.91 Å². The van der Waals surface area contributed by atoms with Crippen molar-refractivity contribution in [3.63, 3.8) is 0 Å². The van der Waals surface area contributed by atoms with E-state index in [2.05, 4.69) is 10.2 Å². The fourth-order valence-electron chi connectivity index (χ4n) is 2.39. The van der Waals surface area contributed by atoms with Crippen LogP contribution in [0.1, 0.15) is 25.7 Å². The van der Waals surface area contributed by atoms with Gasteiger partial charge in [-0.3, -0.25) is 9.69 Å². The molecule has 1 saturated carbocycles. The van der Waals surface area contributed by atoms with Crippen molar-refractivity contribution in [1.29, 1.82) is 0 Å². The Balaban J connectivity index is 1.85. The number of carbonyl (C=O) groups excluding carboxylic acids is 1. The van der Waals surface area contributed by atoms with Crippen molar-refractivity contribution in [1.82, 2.24) is 10.2 Å². The number of carbonyl (C=O) groups is 1. The second-order valence-electron chi connectivity index (χ2n) is 4.28. The van der Waals surface area contributed by atoms with Crippen LogP contribution in [0.3, 0.4) is 0 Å². The summed E-state index contributed by atoms with van der Waals surface area (Å²) in [5.41, 5.74) is 0. The van der Waals surface area contributed by atoms with Gasteiger partial charge in [0.2, 0.25) is 5.91 Å². The van der Waals surface area contributed by atoms with Gasteiger partial charge in [-0.05, 0) is 25.7 Å². The van der Waals surface area contributed by atoms with Crippen molar-refractivity contribution in [3.8, 4) is 0 Å². The molecule has 0 atom stereocenters. The van der Waals surface area contributed by atoms with E-state index in [0.717, 1.165) is 38.8 Å². The second kappa shape index (κ2) is 4.28. The first-order valence-electron chi connectivity index (χ1n) is 5.44. The fourth-order valence-corrected chi connectivity index (χ4v) is 2.39. The Bertz CT molecular complexity index is 212. The zero-order valence-electron chi connectivity index (χ0n) is 8.41. The molecule has 0 unspecified atom stereocenters. The first-order valence-corrected chi connectivity index (χ1v) is 5.44. The van der Waals surface area contributed by atoms with Crippen LogP contribution in [-0.4, -0.2) is 47.7 Å². The number of hydrogen-bond donors (Lipinski definition) is 2. The average Bonchev–Trinajstić information content (AvgIpc) is 2.19. The Hall–Kier alpha value is -0.610. The summed E-state index contributed by atoms with van der Waals surface area (Å²) in [4.78, 5) is 13.4. The number of hydrogen-bond acceptors (Lipinski definition) is 3. The fraction of sp³-hybridized carbons (Fsp3) is 0.900. The zero-order valence-corrected chi connectivity index (χ0v) is 8.41. The minimum Gasteiger partial charge on any atom is -0.393 e. The van der Waals surface area contributed by atoms with Crippen molar-refractivity contribution in [2.75, 3.05) is 19.6 Å². The summed E-state index contributed by atoms with van der Waals surface area (Å²) in [5.74, 6) is 0.141. The molecule has 1 aliphatic heterocycles. The zero-order chi connectivity index (χ0) is 9.97. The predicted octanol–water partition coefficient (Wildman–Crippen LogP) is -0.278. The third-order valence-electron chi connectivity index (χ3n) is 3.25. The highest BCUT2D eigenvalue weighted by atomic mass is 16.3. The normalized spacial score (nSPS) is 35.4. The van der Waals surface area contributed by atoms with Crippen molar-refractivity contribution in [3.05, 3.63) is 0 Å². The van der Waals surface area contributed by atoms with Crippen LogP contribution in [0, 0.1) is 0 Å². The van der Waals surface area contributed by atoms with Crippen LogP contribution in [0.2, 0.25) is 0 Å². The monoisotopic (exact) mass is 198 g/mol. The van der Waals surface area contributed by atoms with E-state index >= 15 is 0 Å². The highest BCUT2D eigenvalue weighted by Gasteiger charge is 2.27. The van der Waals surface area contributed by atoms with E-state index in [1.54, 1.807) is 0 Å². The smallest absolute Gasteiger partial charge is 0.234 e. The molecule has 2 fully saturated rings. The van der Waals surface area contributed by atoms with E-state index in [1.165, 1.54) is 0 Å². The molecular weight excluding hydrogens is 180 g/mol. The van der Waals surface area contributed by atoms with Crippen LogP contribution >= 0.6 is 0 Å². The van der Waals surface area contributed by atoms with Gasteiger partial charge in [0, 0.05) is 19.1 Å². The third kappa shape index (κ3) is 2.25. The Morgan fingerprint density at radius 3 is 2.64 bits per heavy atom. The van der Waals surface area contributed by atoms with Crippen molar-refractivity contribution in [2.24, 2.45) is 0 Å². The van der Waals surface area contributed by atoms with Crippen LogP contribution in [0.25, 0.3) is 0 Å². The molecule has 0 spiro atoms. The number of rotatable bonds is 1. The van der Waals surface area contributed by atoms with Gasteiger partial charge in [0.1, 0.15) is 0 Å². The average molecular weight is 198 g/mol. The highest BCUT2D eigenvalue weighted by Crippen LogP contribution is 2.23. The summed E-state index contributed by atoms with van der Waals surface area (Å²) in [7, 11) is 0. The molecule has 0 aromatic carbocycles. The molecule has 0 aromatic rings. The van der Waals surface area contributed by atoms with Crippen LogP contribution < -0.4 is 5.32 Å². The van der Waals surface area contributed by atoms with E-state index in [1.807, 2.05) is 0 Å².